The lowest BCUT2D eigenvalue weighted by Gasteiger charge is -2.13. The standard InChI is InChI=1S/C17H17N3O2/c1-4-22-16-10(2)8-12(9-11(16)3)14-15-13(6-5-7-18-15)17(21)20-19-14/h5-9H,4H2,1-3H3,(H,20,21). The van der Waals surface area contributed by atoms with E-state index in [1.807, 2.05) is 32.9 Å². The molecule has 0 aliphatic carbocycles. The quantitative estimate of drug-likeness (QED) is 0.806. The van der Waals surface area contributed by atoms with Gasteiger partial charge >= 0.3 is 0 Å². The smallest absolute Gasteiger partial charge is 0.273 e. The first-order valence-electron chi connectivity index (χ1n) is 7.19. The van der Waals surface area contributed by atoms with Crippen LogP contribution in [0.15, 0.2) is 35.3 Å². The number of nitrogens with one attached hydrogen (secondary N) is 1. The van der Waals surface area contributed by atoms with Gasteiger partial charge in [-0.05, 0) is 56.2 Å². The second kappa shape index (κ2) is 5.60. The Hall–Kier alpha value is -2.69. The van der Waals surface area contributed by atoms with E-state index < -0.39 is 0 Å². The molecule has 2 heterocycles. The van der Waals surface area contributed by atoms with E-state index >= 15 is 0 Å². The average molecular weight is 295 g/mol. The number of aryl methyl sites for hydroxylation is 2. The van der Waals surface area contributed by atoms with E-state index in [1.165, 1.54) is 0 Å². The van der Waals surface area contributed by atoms with Crippen LogP contribution >= 0.6 is 0 Å². The zero-order chi connectivity index (χ0) is 15.7. The number of pyridine rings is 1. The Morgan fingerprint density at radius 2 is 1.95 bits per heavy atom. The van der Waals surface area contributed by atoms with Crippen LogP contribution in [0.1, 0.15) is 18.1 Å². The number of hydrogen-bond donors (Lipinski definition) is 1. The van der Waals surface area contributed by atoms with Crippen LogP contribution in [0.4, 0.5) is 0 Å². The fraction of sp³-hybridized carbons (Fsp3) is 0.235. The highest BCUT2D eigenvalue weighted by atomic mass is 16.5. The molecule has 0 aliphatic rings. The third-order valence-corrected chi connectivity index (χ3v) is 3.57. The van der Waals surface area contributed by atoms with Crippen LogP contribution in [0, 0.1) is 13.8 Å². The Morgan fingerprint density at radius 1 is 1.23 bits per heavy atom. The van der Waals surface area contributed by atoms with Gasteiger partial charge in [0.05, 0.1) is 12.0 Å². The highest BCUT2D eigenvalue weighted by Crippen LogP contribution is 2.31. The maximum absolute atomic E-state index is 11.9. The molecular formula is C17H17N3O2. The van der Waals surface area contributed by atoms with Gasteiger partial charge in [-0.3, -0.25) is 9.78 Å². The van der Waals surface area contributed by atoms with Gasteiger partial charge in [0.1, 0.15) is 17.0 Å². The SMILES string of the molecule is CCOc1c(C)cc(-c2n[nH]c(=O)c3cccnc23)cc1C. The highest BCUT2D eigenvalue weighted by molar-refractivity contribution is 5.90. The molecule has 1 N–H and O–H groups in total. The monoisotopic (exact) mass is 295 g/mol. The van der Waals surface area contributed by atoms with Crippen molar-refractivity contribution >= 4 is 10.9 Å². The second-order valence-electron chi connectivity index (χ2n) is 5.17. The number of nitrogens with zero attached hydrogens (tertiary/aromatic N) is 2. The Labute approximate surface area is 128 Å². The normalized spacial score (nSPS) is 10.9. The Kier molecular flexibility index (Phi) is 3.63. The summed E-state index contributed by atoms with van der Waals surface area (Å²) in [5, 5.41) is 7.28. The van der Waals surface area contributed by atoms with Crippen molar-refractivity contribution in [2.75, 3.05) is 6.61 Å². The van der Waals surface area contributed by atoms with Crippen molar-refractivity contribution in [2.24, 2.45) is 0 Å². The number of ether oxygens (including phenoxy) is 1. The summed E-state index contributed by atoms with van der Waals surface area (Å²) in [7, 11) is 0. The molecule has 0 saturated heterocycles. The average Bonchev–Trinajstić information content (AvgIpc) is 2.51. The molecule has 112 valence electrons. The third-order valence-electron chi connectivity index (χ3n) is 3.57. The Bertz CT molecular complexity index is 877. The molecule has 2 aromatic heterocycles. The molecule has 0 spiro atoms. The van der Waals surface area contributed by atoms with Gasteiger partial charge in [-0.1, -0.05) is 0 Å². The van der Waals surface area contributed by atoms with Crippen molar-refractivity contribution in [3.05, 3.63) is 51.9 Å². The number of benzene rings is 1. The molecular weight excluding hydrogens is 278 g/mol. The molecule has 5 heteroatoms. The molecule has 0 fully saturated rings. The van der Waals surface area contributed by atoms with E-state index in [-0.39, 0.29) is 5.56 Å². The zero-order valence-electron chi connectivity index (χ0n) is 12.8. The van der Waals surface area contributed by atoms with Crippen LogP contribution in [-0.4, -0.2) is 21.8 Å². The third kappa shape index (κ3) is 2.35. The molecule has 0 unspecified atom stereocenters. The summed E-state index contributed by atoms with van der Waals surface area (Å²) in [6, 6.07) is 7.51. The summed E-state index contributed by atoms with van der Waals surface area (Å²) < 4.78 is 5.67. The number of aromatic nitrogens is 3. The van der Waals surface area contributed by atoms with Gasteiger partial charge in [0.15, 0.2) is 0 Å². The summed E-state index contributed by atoms with van der Waals surface area (Å²) in [5.74, 6) is 0.896. The summed E-state index contributed by atoms with van der Waals surface area (Å²) in [6.45, 7) is 6.60. The minimum absolute atomic E-state index is 0.230. The van der Waals surface area contributed by atoms with Gasteiger partial charge in [0, 0.05) is 11.8 Å². The molecule has 22 heavy (non-hydrogen) atoms. The predicted molar refractivity (Wildman–Crippen MR) is 86.2 cm³/mol. The Balaban J connectivity index is 2.25. The predicted octanol–water partition coefficient (Wildman–Crippen LogP) is 3.00. The van der Waals surface area contributed by atoms with Gasteiger partial charge < -0.3 is 4.74 Å². The Morgan fingerprint density at radius 3 is 2.64 bits per heavy atom. The first-order valence-corrected chi connectivity index (χ1v) is 7.19. The first kappa shape index (κ1) is 14.3. The van der Waals surface area contributed by atoms with E-state index in [0.29, 0.717) is 23.2 Å². The lowest BCUT2D eigenvalue weighted by Crippen LogP contribution is -2.10. The van der Waals surface area contributed by atoms with Crippen molar-refractivity contribution in [1.82, 2.24) is 15.2 Å². The number of fused-ring (bicyclic) bond motifs is 1. The fourth-order valence-corrected chi connectivity index (χ4v) is 2.66. The maximum Gasteiger partial charge on any atom is 0.273 e. The second-order valence-corrected chi connectivity index (χ2v) is 5.17. The molecule has 0 saturated carbocycles. The van der Waals surface area contributed by atoms with Gasteiger partial charge in [0.25, 0.3) is 5.56 Å². The zero-order valence-corrected chi connectivity index (χ0v) is 12.8. The van der Waals surface area contributed by atoms with Crippen molar-refractivity contribution in [1.29, 1.82) is 0 Å². The van der Waals surface area contributed by atoms with Crippen LogP contribution in [0.2, 0.25) is 0 Å². The molecule has 3 aromatic rings. The highest BCUT2D eigenvalue weighted by Gasteiger charge is 2.13. The number of rotatable bonds is 3. The van der Waals surface area contributed by atoms with E-state index in [9.17, 15) is 4.79 Å². The van der Waals surface area contributed by atoms with E-state index in [1.54, 1.807) is 18.3 Å². The van der Waals surface area contributed by atoms with E-state index in [0.717, 1.165) is 22.4 Å². The van der Waals surface area contributed by atoms with Gasteiger partial charge in [-0.25, -0.2) is 5.10 Å². The van der Waals surface area contributed by atoms with E-state index in [2.05, 4.69) is 15.2 Å². The number of aromatic amines is 1. The summed E-state index contributed by atoms with van der Waals surface area (Å²) >= 11 is 0. The molecule has 0 amide bonds. The maximum atomic E-state index is 11.9. The van der Waals surface area contributed by atoms with Crippen LogP contribution < -0.4 is 10.3 Å². The van der Waals surface area contributed by atoms with Crippen molar-refractivity contribution in [3.63, 3.8) is 0 Å². The first-order chi connectivity index (χ1) is 10.6. The molecule has 0 radical (unpaired) electrons. The van der Waals surface area contributed by atoms with E-state index in [4.69, 9.17) is 4.74 Å². The molecule has 0 aliphatic heterocycles. The van der Waals surface area contributed by atoms with Gasteiger partial charge in [-0.15, -0.1) is 0 Å². The number of H-pyrrole nitrogens is 1. The summed E-state index contributed by atoms with van der Waals surface area (Å²) in [5.41, 5.74) is 4.03. The molecule has 0 atom stereocenters. The van der Waals surface area contributed by atoms with Crippen molar-refractivity contribution in [3.8, 4) is 17.0 Å². The number of hydrogen-bond acceptors (Lipinski definition) is 4. The van der Waals surface area contributed by atoms with Crippen LogP contribution in [-0.2, 0) is 0 Å². The largest absolute Gasteiger partial charge is 0.493 e. The van der Waals surface area contributed by atoms with Crippen LogP contribution in [0.5, 0.6) is 5.75 Å². The molecule has 5 nitrogen and oxygen atoms in total. The lowest BCUT2D eigenvalue weighted by molar-refractivity contribution is 0.335. The topological polar surface area (TPSA) is 67.9 Å². The van der Waals surface area contributed by atoms with Gasteiger partial charge in [-0.2, -0.15) is 5.10 Å². The molecule has 1 aromatic carbocycles. The lowest BCUT2D eigenvalue weighted by atomic mass is 10.0. The minimum atomic E-state index is -0.230. The summed E-state index contributed by atoms with van der Waals surface area (Å²) in [4.78, 5) is 16.2. The molecule has 0 bridgehead atoms. The molecule has 3 rings (SSSR count). The van der Waals surface area contributed by atoms with Crippen molar-refractivity contribution in [2.45, 2.75) is 20.8 Å². The van der Waals surface area contributed by atoms with Crippen LogP contribution in [0.25, 0.3) is 22.2 Å². The fourth-order valence-electron chi connectivity index (χ4n) is 2.66. The van der Waals surface area contributed by atoms with Gasteiger partial charge in [0.2, 0.25) is 0 Å². The summed E-state index contributed by atoms with van der Waals surface area (Å²) in [6.07, 6.45) is 1.67. The van der Waals surface area contributed by atoms with Crippen LogP contribution in [0.3, 0.4) is 0 Å². The minimum Gasteiger partial charge on any atom is -0.493 e. The van der Waals surface area contributed by atoms with Crippen molar-refractivity contribution < 1.29 is 4.74 Å².